The topological polar surface area (TPSA) is 17.1 Å². The summed E-state index contributed by atoms with van der Waals surface area (Å²) >= 11 is 1.23. The smallest absolute Gasteiger partial charge is 0.224 e. The predicted molar refractivity (Wildman–Crippen MR) is 61.9 cm³/mol. The van der Waals surface area contributed by atoms with E-state index >= 15 is 0 Å². The molecule has 2 aromatic carbocycles. The Balaban J connectivity index is 2.12. The van der Waals surface area contributed by atoms with Crippen LogP contribution in [0.2, 0.25) is 0 Å². The molecule has 0 aliphatic carbocycles. The maximum absolute atomic E-state index is 11.8. The molecule has 0 unspecified atom stereocenters. The number of carbonyl (C=O) groups is 1. The van der Waals surface area contributed by atoms with Crippen molar-refractivity contribution in [1.29, 1.82) is 0 Å². The van der Waals surface area contributed by atoms with Gasteiger partial charge in [-0.3, -0.25) is 4.79 Å². The van der Waals surface area contributed by atoms with Crippen LogP contribution in [0, 0.1) is 6.07 Å². The van der Waals surface area contributed by atoms with E-state index in [0.29, 0.717) is 0 Å². The summed E-state index contributed by atoms with van der Waals surface area (Å²) in [5.41, 5.74) is 0.728. The zero-order chi connectivity index (χ0) is 10.5. The van der Waals surface area contributed by atoms with E-state index in [9.17, 15) is 4.79 Å². The molecule has 0 fully saturated rings. The molecule has 0 N–H and O–H groups in total. The molecule has 0 saturated carbocycles. The number of hydrogen-bond acceptors (Lipinski definition) is 2. The van der Waals surface area contributed by atoms with Gasteiger partial charge in [0, 0.05) is 10.5 Å². The Hall–Kier alpha value is -1.54. The highest BCUT2D eigenvalue weighted by molar-refractivity contribution is 8.14. The summed E-state index contributed by atoms with van der Waals surface area (Å²) in [5, 5.41) is 0.0650. The molecular weight excluding hydrogens is 204 g/mol. The first-order valence-corrected chi connectivity index (χ1v) is 5.41. The van der Waals surface area contributed by atoms with E-state index in [-0.39, 0.29) is 5.12 Å². The van der Waals surface area contributed by atoms with Crippen LogP contribution >= 0.6 is 11.8 Å². The van der Waals surface area contributed by atoms with Crippen LogP contribution < -0.4 is 0 Å². The molecule has 2 rings (SSSR count). The molecule has 0 bridgehead atoms. The molecule has 0 amide bonds. The van der Waals surface area contributed by atoms with Crippen molar-refractivity contribution in [3.05, 3.63) is 66.2 Å². The minimum absolute atomic E-state index is 0.0650. The van der Waals surface area contributed by atoms with Gasteiger partial charge in [0.1, 0.15) is 0 Å². The van der Waals surface area contributed by atoms with Crippen LogP contribution in [0.15, 0.2) is 59.5 Å². The van der Waals surface area contributed by atoms with Gasteiger partial charge in [-0.25, -0.2) is 0 Å². The third-order valence-corrected chi connectivity index (χ3v) is 2.81. The fraction of sp³-hybridized carbons (Fsp3) is 0. The summed E-state index contributed by atoms with van der Waals surface area (Å²) in [4.78, 5) is 12.7. The lowest BCUT2D eigenvalue weighted by Crippen LogP contribution is -1.91. The van der Waals surface area contributed by atoms with Crippen LogP contribution in [-0.2, 0) is 0 Å². The van der Waals surface area contributed by atoms with Crippen molar-refractivity contribution >= 4 is 16.9 Å². The van der Waals surface area contributed by atoms with Gasteiger partial charge < -0.3 is 0 Å². The Morgan fingerprint density at radius 2 is 1.87 bits per heavy atom. The molecule has 2 heteroatoms. The Labute approximate surface area is 93.1 Å². The number of hydrogen-bond donors (Lipinski definition) is 0. The molecule has 15 heavy (non-hydrogen) atoms. The Morgan fingerprint density at radius 3 is 2.53 bits per heavy atom. The quantitative estimate of drug-likeness (QED) is 0.711. The molecule has 0 saturated heterocycles. The zero-order valence-corrected chi connectivity index (χ0v) is 8.83. The van der Waals surface area contributed by atoms with E-state index in [0.717, 1.165) is 10.5 Å². The highest BCUT2D eigenvalue weighted by Gasteiger charge is 2.06. The molecule has 2 aromatic rings. The average molecular weight is 213 g/mol. The minimum atomic E-state index is 0.0650. The SMILES string of the molecule is O=C(Sc1c[c]ccc1)c1ccccc1. The monoisotopic (exact) mass is 213 g/mol. The van der Waals surface area contributed by atoms with Crippen LogP contribution in [0.25, 0.3) is 0 Å². The molecule has 1 radical (unpaired) electrons. The van der Waals surface area contributed by atoms with E-state index in [1.807, 2.05) is 54.6 Å². The molecule has 0 heterocycles. The molecule has 73 valence electrons. The summed E-state index contributed by atoms with van der Waals surface area (Å²) in [5.74, 6) is 0. The molecule has 0 aliphatic rings. The summed E-state index contributed by atoms with van der Waals surface area (Å²) in [6.45, 7) is 0. The van der Waals surface area contributed by atoms with Crippen molar-refractivity contribution < 1.29 is 4.79 Å². The van der Waals surface area contributed by atoms with E-state index in [4.69, 9.17) is 0 Å². The first-order chi connectivity index (χ1) is 7.36. The van der Waals surface area contributed by atoms with E-state index in [1.165, 1.54) is 11.8 Å². The third kappa shape index (κ3) is 2.70. The first-order valence-electron chi connectivity index (χ1n) is 4.59. The second kappa shape index (κ2) is 4.80. The van der Waals surface area contributed by atoms with Crippen molar-refractivity contribution in [3.63, 3.8) is 0 Å². The lowest BCUT2D eigenvalue weighted by atomic mass is 10.2. The van der Waals surface area contributed by atoms with E-state index < -0.39 is 0 Å². The number of carbonyl (C=O) groups excluding carboxylic acids is 1. The minimum Gasteiger partial charge on any atom is -0.281 e. The summed E-state index contributed by atoms with van der Waals surface area (Å²) in [6, 6.07) is 19.6. The van der Waals surface area contributed by atoms with Crippen molar-refractivity contribution in [1.82, 2.24) is 0 Å². The molecule has 0 aromatic heterocycles. The van der Waals surface area contributed by atoms with Crippen molar-refractivity contribution in [2.24, 2.45) is 0 Å². The first kappa shape index (κ1) is 9.99. The Bertz CT molecular complexity index is 437. The largest absolute Gasteiger partial charge is 0.281 e. The van der Waals surface area contributed by atoms with Gasteiger partial charge in [0.15, 0.2) is 0 Å². The van der Waals surface area contributed by atoms with E-state index in [2.05, 4.69) is 6.07 Å². The van der Waals surface area contributed by atoms with Gasteiger partial charge in [0.05, 0.1) is 0 Å². The van der Waals surface area contributed by atoms with Crippen molar-refractivity contribution in [2.45, 2.75) is 4.90 Å². The lowest BCUT2D eigenvalue weighted by molar-refractivity contribution is 0.108. The molecule has 0 atom stereocenters. The second-order valence-electron chi connectivity index (χ2n) is 2.99. The Morgan fingerprint density at radius 1 is 1.07 bits per heavy atom. The molecule has 0 aliphatic heterocycles. The fourth-order valence-corrected chi connectivity index (χ4v) is 1.92. The zero-order valence-electron chi connectivity index (χ0n) is 8.01. The summed E-state index contributed by atoms with van der Waals surface area (Å²) < 4.78 is 0. The predicted octanol–water partition coefficient (Wildman–Crippen LogP) is 3.42. The fourth-order valence-electron chi connectivity index (χ4n) is 1.18. The van der Waals surface area contributed by atoms with Crippen LogP contribution in [0.5, 0.6) is 0 Å². The van der Waals surface area contributed by atoms with Crippen molar-refractivity contribution in [2.75, 3.05) is 0 Å². The maximum atomic E-state index is 11.8. The van der Waals surface area contributed by atoms with Gasteiger partial charge in [0.2, 0.25) is 5.12 Å². The van der Waals surface area contributed by atoms with Gasteiger partial charge in [0.25, 0.3) is 0 Å². The van der Waals surface area contributed by atoms with Crippen LogP contribution in [0.3, 0.4) is 0 Å². The van der Waals surface area contributed by atoms with Gasteiger partial charge >= 0.3 is 0 Å². The van der Waals surface area contributed by atoms with Crippen LogP contribution in [0.4, 0.5) is 0 Å². The summed E-state index contributed by atoms with van der Waals surface area (Å²) in [6.07, 6.45) is 0. The number of benzene rings is 2. The van der Waals surface area contributed by atoms with Crippen LogP contribution in [-0.4, -0.2) is 5.12 Å². The second-order valence-corrected chi connectivity index (χ2v) is 4.04. The maximum Gasteiger partial charge on any atom is 0.224 e. The normalized spacial score (nSPS) is 9.87. The average Bonchev–Trinajstić information content (AvgIpc) is 2.31. The molecule has 1 nitrogen and oxygen atoms in total. The number of rotatable bonds is 2. The van der Waals surface area contributed by atoms with Gasteiger partial charge in [-0.1, -0.05) is 42.5 Å². The van der Waals surface area contributed by atoms with Crippen molar-refractivity contribution in [3.8, 4) is 0 Å². The Kier molecular flexibility index (Phi) is 3.20. The third-order valence-electron chi connectivity index (χ3n) is 1.90. The molecular formula is C13H9OS. The highest BCUT2D eigenvalue weighted by Crippen LogP contribution is 2.21. The standard InChI is InChI=1S/C13H9OS/c14-13(11-7-3-1-4-8-11)15-12-9-5-2-6-10-12/h1-5,7-10H. The lowest BCUT2D eigenvalue weighted by Gasteiger charge is -1.99. The van der Waals surface area contributed by atoms with Gasteiger partial charge in [-0.15, -0.1) is 0 Å². The molecule has 0 spiro atoms. The summed E-state index contributed by atoms with van der Waals surface area (Å²) in [7, 11) is 0. The number of thioether (sulfide) groups is 1. The van der Waals surface area contributed by atoms with Gasteiger partial charge in [-0.05, 0) is 30.0 Å². The highest BCUT2D eigenvalue weighted by atomic mass is 32.2. The van der Waals surface area contributed by atoms with E-state index in [1.54, 1.807) is 0 Å². The van der Waals surface area contributed by atoms with Gasteiger partial charge in [-0.2, -0.15) is 0 Å². The van der Waals surface area contributed by atoms with Crippen LogP contribution in [0.1, 0.15) is 10.4 Å².